The summed E-state index contributed by atoms with van der Waals surface area (Å²) >= 11 is 0. The Kier molecular flexibility index (Phi) is 2.62. The van der Waals surface area contributed by atoms with Crippen molar-refractivity contribution < 1.29 is 4.84 Å². The Hall–Kier alpha value is -1.68. The summed E-state index contributed by atoms with van der Waals surface area (Å²) < 4.78 is 0. The molecule has 2 heterocycles. The van der Waals surface area contributed by atoms with Crippen molar-refractivity contribution in [2.24, 2.45) is 16.1 Å². The van der Waals surface area contributed by atoms with Gasteiger partial charge in [-0.3, -0.25) is 0 Å². The third-order valence-electron chi connectivity index (χ3n) is 4.36. The normalized spacial score (nSPS) is 35.6. The van der Waals surface area contributed by atoms with Gasteiger partial charge in [-0.05, 0) is 30.9 Å². The second kappa shape index (κ2) is 4.46. The van der Waals surface area contributed by atoms with Gasteiger partial charge in [0, 0.05) is 5.92 Å². The number of hydrogen-bond donors (Lipinski definition) is 1. The molecule has 98 valence electrons. The van der Waals surface area contributed by atoms with Crippen molar-refractivity contribution in [2.75, 3.05) is 0 Å². The first-order chi connectivity index (χ1) is 9.42. The molecule has 0 bridgehead atoms. The fraction of sp³-hybridized carbons (Fsp3) is 0.467. The van der Waals surface area contributed by atoms with E-state index in [1.54, 1.807) is 0 Å². The number of hydrogen-bond acceptors (Lipinski definition) is 4. The summed E-state index contributed by atoms with van der Waals surface area (Å²) in [4.78, 5) is 5.66. The summed E-state index contributed by atoms with van der Waals surface area (Å²) in [6.45, 7) is 0. The number of rotatable bonds is 1. The molecule has 1 aromatic rings. The molecule has 1 aromatic carbocycles. The van der Waals surface area contributed by atoms with Crippen LogP contribution in [-0.4, -0.2) is 18.1 Å². The lowest BCUT2D eigenvalue weighted by molar-refractivity contribution is 0.110. The summed E-state index contributed by atoms with van der Waals surface area (Å²) in [5, 5.41) is 8.92. The van der Waals surface area contributed by atoms with Gasteiger partial charge < -0.3 is 4.84 Å². The number of allylic oxidation sites excluding steroid dienone is 1. The lowest BCUT2D eigenvalue weighted by atomic mass is 9.81. The molecule has 0 aromatic heterocycles. The first-order valence-corrected chi connectivity index (χ1v) is 6.99. The summed E-state index contributed by atoms with van der Waals surface area (Å²) in [5.41, 5.74) is 4.43. The minimum absolute atomic E-state index is 0.236. The van der Waals surface area contributed by atoms with Crippen LogP contribution < -0.4 is 10.3 Å². The minimum Gasteiger partial charge on any atom is -0.408 e. The molecule has 4 rings (SSSR count). The van der Waals surface area contributed by atoms with Crippen molar-refractivity contribution in [3.63, 3.8) is 0 Å². The topological polar surface area (TPSA) is 46.0 Å². The number of fused-ring (bicyclic) bond motifs is 2. The number of azo groups is 1. The largest absolute Gasteiger partial charge is 0.408 e. The highest BCUT2D eigenvalue weighted by Crippen LogP contribution is 2.36. The van der Waals surface area contributed by atoms with Crippen molar-refractivity contribution >= 4 is 0 Å². The van der Waals surface area contributed by atoms with Crippen molar-refractivity contribution in [1.82, 2.24) is 5.48 Å². The van der Waals surface area contributed by atoms with E-state index in [9.17, 15) is 0 Å². The van der Waals surface area contributed by atoms with Crippen LogP contribution in [0, 0.1) is 5.92 Å². The number of para-hydroxylation sites is 1. The van der Waals surface area contributed by atoms with Crippen LogP contribution in [0.1, 0.15) is 18.4 Å². The Morgan fingerprint density at radius 2 is 2.16 bits per heavy atom. The van der Waals surface area contributed by atoms with E-state index in [1.807, 2.05) is 12.1 Å². The molecule has 0 saturated carbocycles. The van der Waals surface area contributed by atoms with Gasteiger partial charge in [0.25, 0.3) is 0 Å². The Morgan fingerprint density at radius 3 is 3.16 bits per heavy atom. The van der Waals surface area contributed by atoms with E-state index in [4.69, 9.17) is 4.84 Å². The van der Waals surface area contributed by atoms with Crippen LogP contribution in [0.2, 0.25) is 0 Å². The molecular weight excluding hydrogens is 238 g/mol. The SMILES string of the molecule is C1=CC2N=NC(C3Cc4ccccc4ON3)C2CC1. The molecule has 4 atom stereocenters. The van der Waals surface area contributed by atoms with E-state index >= 15 is 0 Å². The lowest BCUT2D eigenvalue weighted by Gasteiger charge is -2.32. The quantitative estimate of drug-likeness (QED) is 0.784. The predicted molar refractivity (Wildman–Crippen MR) is 72.0 cm³/mol. The van der Waals surface area contributed by atoms with E-state index < -0.39 is 0 Å². The van der Waals surface area contributed by atoms with Gasteiger partial charge in [0.05, 0.1) is 18.1 Å². The standard InChI is InChI=1S/C15H17N3O/c1-4-8-14-10(5-1)9-13(18-19-14)15-11-6-2-3-7-12(11)16-17-15/h1,3-5,7-8,11-13,15,18H,2,6,9H2. The van der Waals surface area contributed by atoms with Crippen molar-refractivity contribution in [2.45, 2.75) is 37.4 Å². The van der Waals surface area contributed by atoms with E-state index in [0.29, 0.717) is 5.92 Å². The molecule has 1 aliphatic carbocycles. The van der Waals surface area contributed by atoms with Crippen LogP contribution in [0.4, 0.5) is 0 Å². The molecule has 0 radical (unpaired) electrons. The highest BCUT2D eigenvalue weighted by molar-refractivity contribution is 5.35. The first-order valence-electron chi connectivity index (χ1n) is 6.99. The Bertz CT molecular complexity index is 540. The molecule has 4 unspecified atom stereocenters. The van der Waals surface area contributed by atoms with Gasteiger partial charge in [-0.1, -0.05) is 30.4 Å². The van der Waals surface area contributed by atoms with Crippen molar-refractivity contribution in [3.05, 3.63) is 42.0 Å². The molecule has 4 nitrogen and oxygen atoms in total. The molecular formula is C15H17N3O. The fourth-order valence-electron chi connectivity index (χ4n) is 3.33. The van der Waals surface area contributed by atoms with Gasteiger partial charge in [0.15, 0.2) is 0 Å². The average Bonchev–Trinajstić information content (AvgIpc) is 2.91. The molecule has 4 heteroatoms. The maximum absolute atomic E-state index is 5.66. The van der Waals surface area contributed by atoms with Gasteiger partial charge in [0.2, 0.25) is 0 Å². The van der Waals surface area contributed by atoms with Gasteiger partial charge in [-0.25, -0.2) is 0 Å². The van der Waals surface area contributed by atoms with Crippen LogP contribution in [0.15, 0.2) is 46.6 Å². The van der Waals surface area contributed by atoms with Crippen LogP contribution in [0.3, 0.4) is 0 Å². The van der Waals surface area contributed by atoms with Crippen LogP contribution in [0.5, 0.6) is 5.75 Å². The van der Waals surface area contributed by atoms with Crippen LogP contribution in [0.25, 0.3) is 0 Å². The molecule has 0 amide bonds. The first kappa shape index (κ1) is 11.2. The smallest absolute Gasteiger partial charge is 0.150 e. The second-order valence-electron chi connectivity index (χ2n) is 5.52. The number of nitrogens with one attached hydrogen (secondary N) is 1. The molecule has 3 aliphatic rings. The number of benzene rings is 1. The van der Waals surface area contributed by atoms with E-state index in [1.165, 1.54) is 12.0 Å². The monoisotopic (exact) mass is 255 g/mol. The Morgan fingerprint density at radius 1 is 1.21 bits per heavy atom. The third-order valence-corrected chi connectivity index (χ3v) is 4.36. The maximum Gasteiger partial charge on any atom is 0.150 e. The third kappa shape index (κ3) is 1.87. The van der Waals surface area contributed by atoms with Crippen molar-refractivity contribution in [3.8, 4) is 5.75 Å². The van der Waals surface area contributed by atoms with Crippen molar-refractivity contribution in [1.29, 1.82) is 0 Å². The van der Waals surface area contributed by atoms with Gasteiger partial charge in [-0.2, -0.15) is 15.7 Å². The van der Waals surface area contributed by atoms with Gasteiger partial charge in [-0.15, -0.1) is 0 Å². The van der Waals surface area contributed by atoms with E-state index in [-0.39, 0.29) is 18.1 Å². The fourth-order valence-corrected chi connectivity index (χ4v) is 3.33. The molecule has 2 aliphatic heterocycles. The molecule has 1 N–H and O–H groups in total. The summed E-state index contributed by atoms with van der Waals surface area (Å²) in [5.74, 6) is 1.48. The Labute approximate surface area is 112 Å². The molecule has 19 heavy (non-hydrogen) atoms. The van der Waals surface area contributed by atoms with Crippen LogP contribution >= 0.6 is 0 Å². The Balaban J connectivity index is 1.56. The van der Waals surface area contributed by atoms with E-state index in [0.717, 1.165) is 18.6 Å². The predicted octanol–water partition coefficient (Wildman–Crippen LogP) is 2.66. The van der Waals surface area contributed by atoms with Crippen LogP contribution in [-0.2, 0) is 6.42 Å². The summed E-state index contributed by atoms with van der Waals surface area (Å²) in [7, 11) is 0. The minimum atomic E-state index is 0.236. The van der Waals surface area contributed by atoms with Gasteiger partial charge in [0.1, 0.15) is 5.75 Å². The second-order valence-corrected chi connectivity index (χ2v) is 5.52. The number of nitrogens with zero attached hydrogens (tertiary/aromatic N) is 2. The lowest BCUT2D eigenvalue weighted by Crippen LogP contribution is -2.48. The number of hydroxylamine groups is 1. The zero-order valence-corrected chi connectivity index (χ0v) is 10.7. The van der Waals surface area contributed by atoms with Gasteiger partial charge >= 0.3 is 0 Å². The zero-order chi connectivity index (χ0) is 12.7. The summed E-state index contributed by atoms with van der Waals surface area (Å²) in [6.07, 6.45) is 7.72. The highest BCUT2D eigenvalue weighted by Gasteiger charge is 2.40. The average molecular weight is 255 g/mol. The van der Waals surface area contributed by atoms with E-state index in [2.05, 4.69) is 40.0 Å². The maximum atomic E-state index is 5.66. The molecule has 0 saturated heterocycles. The highest BCUT2D eigenvalue weighted by atomic mass is 16.6. The molecule has 0 spiro atoms. The summed E-state index contributed by atoms with van der Waals surface area (Å²) in [6, 6.07) is 8.96. The zero-order valence-electron chi connectivity index (χ0n) is 10.7. The molecule has 0 fully saturated rings.